The van der Waals surface area contributed by atoms with E-state index in [1.54, 1.807) is 0 Å². The van der Waals surface area contributed by atoms with E-state index < -0.39 is 0 Å². The fourth-order valence-corrected chi connectivity index (χ4v) is 1.60. The Morgan fingerprint density at radius 2 is 2.22 bits per heavy atom. The highest BCUT2D eigenvalue weighted by Crippen LogP contribution is 2.28. The number of nitrogens with two attached hydrogens (primary N) is 1. The molecule has 0 saturated heterocycles. The fraction of sp³-hybridized carbons (Fsp3) is 0.500. The number of nitriles is 1. The van der Waals surface area contributed by atoms with Crippen LogP contribution < -0.4 is 15.4 Å². The van der Waals surface area contributed by atoms with E-state index in [-0.39, 0.29) is 6.04 Å². The van der Waals surface area contributed by atoms with E-state index in [0.29, 0.717) is 24.5 Å². The number of benzene rings is 1. The first-order valence-corrected chi connectivity index (χ1v) is 6.22. The molecule has 0 spiro atoms. The zero-order valence-corrected chi connectivity index (χ0v) is 11.3. The molecule has 0 aromatic heterocycles. The van der Waals surface area contributed by atoms with Crippen molar-refractivity contribution in [2.75, 3.05) is 24.3 Å². The van der Waals surface area contributed by atoms with Gasteiger partial charge < -0.3 is 15.4 Å². The SMILES string of the molecule is CCCOc1cc(N(C)C(C)CC#N)ccc1N. The van der Waals surface area contributed by atoms with Gasteiger partial charge in [0.25, 0.3) is 0 Å². The zero-order valence-electron chi connectivity index (χ0n) is 11.3. The molecule has 0 aliphatic heterocycles. The average molecular weight is 247 g/mol. The van der Waals surface area contributed by atoms with E-state index >= 15 is 0 Å². The topological polar surface area (TPSA) is 62.3 Å². The molecule has 1 unspecified atom stereocenters. The van der Waals surface area contributed by atoms with Gasteiger partial charge in [0.15, 0.2) is 0 Å². The van der Waals surface area contributed by atoms with Gasteiger partial charge in [-0.05, 0) is 25.5 Å². The number of hydrogen-bond donors (Lipinski definition) is 1. The van der Waals surface area contributed by atoms with Crippen LogP contribution in [0.2, 0.25) is 0 Å². The number of nitrogens with zero attached hydrogens (tertiary/aromatic N) is 2. The monoisotopic (exact) mass is 247 g/mol. The number of anilines is 2. The van der Waals surface area contributed by atoms with Gasteiger partial charge in [-0.25, -0.2) is 0 Å². The predicted octanol–water partition coefficient (Wildman–Crippen LogP) is 2.80. The Kier molecular flexibility index (Phi) is 5.31. The summed E-state index contributed by atoms with van der Waals surface area (Å²) < 4.78 is 5.60. The maximum atomic E-state index is 8.73. The van der Waals surface area contributed by atoms with Crippen LogP contribution in [0.3, 0.4) is 0 Å². The van der Waals surface area contributed by atoms with E-state index in [1.165, 1.54) is 0 Å². The number of hydrogen-bond acceptors (Lipinski definition) is 4. The van der Waals surface area contributed by atoms with Gasteiger partial charge in [-0.15, -0.1) is 0 Å². The summed E-state index contributed by atoms with van der Waals surface area (Å²) in [4.78, 5) is 2.06. The molecular weight excluding hydrogens is 226 g/mol. The van der Waals surface area contributed by atoms with Crippen molar-refractivity contribution in [1.82, 2.24) is 0 Å². The van der Waals surface area contributed by atoms with Crippen molar-refractivity contribution in [2.24, 2.45) is 0 Å². The molecule has 0 aliphatic rings. The van der Waals surface area contributed by atoms with Crippen LogP contribution in [-0.4, -0.2) is 19.7 Å². The van der Waals surface area contributed by atoms with Crippen LogP contribution in [-0.2, 0) is 0 Å². The van der Waals surface area contributed by atoms with Crippen LogP contribution in [0.1, 0.15) is 26.7 Å². The van der Waals surface area contributed by atoms with Crippen LogP contribution in [0.5, 0.6) is 5.75 Å². The number of nitrogen functional groups attached to an aromatic ring is 1. The first kappa shape index (κ1) is 14.2. The molecule has 0 saturated carbocycles. The average Bonchev–Trinajstić information content (AvgIpc) is 2.37. The third-order valence-electron chi connectivity index (χ3n) is 2.91. The summed E-state index contributed by atoms with van der Waals surface area (Å²) in [6.45, 7) is 4.73. The Hall–Kier alpha value is -1.89. The van der Waals surface area contributed by atoms with Crippen molar-refractivity contribution in [3.05, 3.63) is 18.2 Å². The Bertz CT molecular complexity index is 426. The Labute approximate surface area is 109 Å². The summed E-state index contributed by atoms with van der Waals surface area (Å²) in [5.74, 6) is 0.713. The first-order valence-electron chi connectivity index (χ1n) is 6.22. The van der Waals surface area contributed by atoms with Gasteiger partial charge >= 0.3 is 0 Å². The molecule has 2 N–H and O–H groups in total. The van der Waals surface area contributed by atoms with Crippen molar-refractivity contribution in [3.63, 3.8) is 0 Å². The van der Waals surface area contributed by atoms with Crippen molar-refractivity contribution in [1.29, 1.82) is 5.26 Å². The minimum absolute atomic E-state index is 0.164. The number of ether oxygens (including phenoxy) is 1. The second-order valence-electron chi connectivity index (χ2n) is 4.39. The number of rotatable bonds is 6. The Morgan fingerprint density at radius 3 is 2.83 bits per heavy atom. The molecule has 1 atom stereocenters. The molecule has 0 fully saturated rings. The maximum Gasteiger partial charge on any atom is 0.144 e. The van der Waals surface area contributed by atoms with Crippen LogP contribution in [0.25, 0.3) is 0 Å². The normalized spacial score (nSPS) is 11.7. The molecule has 18 heavy (non-hydrogen) atoms. The lowest BCUT2D eigenvalue weighted by Crippen LogP contribution is -2.28. The standard InChI is InChI=1S/C14H21N3O/c1-4-9-18-14-10-12(5-6-13(14)16)17(3)11(2)7-8-15/h5-6,10-11H,4,7,9,16H2,1-3H3. The zero-order chi connectivity index (χ0) is 13.5. The van der Waals surface area contributed by atoms with Crippen LogP contribution in [0.4, 0.5) is 11.4 Å². The van der Waals surface area contributed by atoms with E-state index in [4.69, 9.17) is 15.7 Å². The lowest BCUT2D eigenvalue weighted by Gasteiger charge is -2.26. The summed E-state index contributed by atoms with van der Waals surface area (Å²) >= 11 is 0. The first-order chi connectivity index (χ1) is 8.60. The van der Waals surface area contributed by atoms with Gasteiger partial charge in [0, 0.05) is 24.8 Å². The summed E-state index contributed by atoms with van der Waals surface area (Å²) in [6.07, 6.45) is 1.44. The van der Waals surface area contributed by atoms with Gasteiger partial charge in [0.1, 0.15) is 5.75 Å². The van der Waals surface area contributed by atoms with Crippen molar-refractivity contribution in [2.45, 2.75) is 32.7 Å². The molecule has 1 rings (SSSR count). The van der Waals surface area contributed by atoms with Gasteiger partial charge in [0.2, 0.25) is 0 Å². The molecular formula is C14H21N3O. The van der Waals surface area contributed by atoms with Gasteiger partial charge in [-0.2, -0.15) is 5.26 Å². The quantitative estimate of drug-likeness (QED) is 0.785. The van der Waals surface area contributed by atoms with E-state index in [2.05, 4.69) is 17.9 Å². The van der Waals surface area contributed by atoms with Crippen LogP contribution in [0.15, 0.2) is 18.2 Å². The lowest BCUT2D eigenvalue weighted by atomic mass is 10.2. The van der Waals surface area contributed by atoms with Gasteiger partial charge in [0.05, 0.1) is 24.8 Å². The van der Waals surface area contributed by atoms with Crippen molar-refractivity contribution < 1.29 is 4.74 Å². The van der Waals surface area contributed by atoms with Crippen molar-refractivity contribution in [3.8, 4) is 11.8 Å². The molecule has 0 heterocycles. The maximum absolute atomic E-state index is 8.73. The summed E-state index contributed by atoms with van der Waals surface area (Å²) in [5.41, 5.74) is 7.53. The predicted molar refractivity (Wildman–Crippen MR) is 74.7 cm³/mol. The van der Waals surface area contributed by atoms with Gasteiger partial charge in [-0.3, -0.25) is 0 Å². The minimum Gasteiger partial charge on any atom is -0.491 e. The third kappa shape index (κ3) is 3.56. The fourth-order valence-electron chi connectivity index (χ4n) is 1.60. The van der Waals surface area contributed by atoms with Crippen LogP contribution >= 0.6 is 0 Å². The second-order valence-corrected chi connectivity index (χ2v) is 4.39. The minimum atomic E-state index is 0.164. The summed E-state index contributed by atoms with van der Waals surface area (Å²) in [6, 6.07) is 8.06. The Balaban J connectivity index is 2.86. The lowest BCUT2D eigenvalue weighted by molar-refractivity contribution is 0.319. The largest absolute Gasteiger partial charge is 0.491 e. The third-order valence-corrected chi connectivity index (χ3v) is 2.91. The van der Waals surface area contributed by atoms with Crippen molar-refractivity contribution >= 4 is 11.4 Å². The smallest absolute Gasteiger partial charge is 0.144 e. The molecule has 1 aromatic carbocycles. The summed E-state index contributed by atoms with van der Waals surface area (Å²) in [5, 5.41) is 8.73. The molecule has 0 bridgehead atoms. The molecule has 0 aliphatic carbocycles. The molecule has 0 amide bonds. The molecule has 98 valence electrons. The Morgan fingerprint density at radius 1 is 1.50 bits per heavy atom. The molecule has 4 nitrogen and oxygen atoms in total. The van der Waals surface area contributed by atoms with E-state index in [1.807, 2.05) is 32.2 Å². The van der Waals surface area contributed by atoms with Gasteiger partial charge in [-0.1, -0.05) is 6.92 Å². The van der Waals surface area contributed by atoms with E-state index in [0.717, 1.165) is 12.1 Å². The summed E-state index contributed by atoms with van der Waals surface area (Å²) in [7, 11) is 1.97. The van der Waals surface area contributed by atoms with Crippen LogP contribution in [0, 0.1) is 11.3 Å². The molecule has 1 aromatic rings. The second kappa shape index (κ2) is 6.75. The highest BCUT2D eigenvalue weighted by Gasteiger charge is 2.11. The highest BCUT2D eigenvalue weighted by atomic mass is 16.5. The molecule has 0 radical (unpaired) electrons. The van der Waals surface area contributed by atoms with E-state index in [9.17, 15) is 0 Å². The molecule has 4 heteroatoms. The highest BCUT2D eigenvalue weighted by molar-refractivity contribution is 5.62.